The van der Waals surface area contributed by atoms with Crippen LogP contribution >= 0.6 is 0 Å². The van der Waals surface area contributed by atoms with Crippen LogP contribution in [0.4, 0.5) is 8.78 Å². The zero-order valence-corrected chi connectivity index (χ0v) is 8.72. The average molecular weight is 237 g/mol. The molecule has 0 unspecified atom stereocenters. The standard InChI is InChI=1S/C12H9F2NO2/c13-12(14)17-11-8-10(6-7-15-11)16-9-4-2-1-3-5-9/h1-8,12H. The van der Waals surface area contributed by atoms with Gasteiger partial charge in [-0.3, -0.25) is 0 Å². The lowest BCUT2D eigenvalue weighted by Crippen LogP contribution is -2.03. The molecule has 17 heavy (non-hydrogen) atoms. The normalized spacial score (nSPS) is 10.3. The minimum atomic E-state index is -2.89. The summed E-state index contributed by atoms with van der Waals surface area (Å²) in [5.74, 6) is 0.831. The van der Waals surface area contributed by atoms with Gasteiger partial charge in [0.25, 0.3) is 0 Å². The molecule has 5 heteroatoms. The van der Waals surface area contributed by atoms with Crippen LogP contribution in [-0.2, 0) is 0 Å². The highest BCUT2D eigenvalue weighted by Gasteiger charge is 2.06. The molecule has 0 fully saturated rings. The van der Waals surface area contributed by atoms with Crippen LogP contribution in [-0.4, -0.2) is 11.6 Å². The van der Waals surface area contributed by atoms with E-state index in [2.05, 4.69) is 9.72 Å². The van der Waals surface area contributed by atoms with E-state index >= 15 is 0 Å². The van der Waals surface area contributed by atoms with E-state index < -0.39 is 6.61 Å². The van der Waals surface area contributed by atoms with Gasteiger partial charge in [0.2, 0.25) is 5.88 Å². The van der Waals surface area contributed by atoms with Gasteiger partial charge in [-0.1, -0.05) is 18.2 Å². The maximum absolute atomic E-state index is 12.0. The number of hydrogen-bond acceptors (Lipinski definition) is 3. The molecule has 2 rings (SSSR count). The summed E-state index contributed by atoms with van der Waals surface area (Å²) in [4.78, 5) is 3.64. The zero-order chi connectivity index (χ0) is 12.1. The summed E-state index contributed by atoms with van der Waals surface area (Å²) in [6.07, 6.45) is 1.34. The number of halogens is 2. The smallest absolute Gasteiger partial charge is 0.388 e. The highest BCUT2D eigenvalue weighted by atomic mass is 19.3. The molecule has 1 aromatic heterocycles. The Balaban J connectivity index is 2.11. The summed E-state index contributed by atoms with van der Waals surface area (Å²) in [6.45, 7) is -2.89. The number of aromatic nitrogens is 1. The predicted molar refractivity (Wildman–Crippen MR) is 57.4 cm³/mol. The van der Waals surface area contributed by atoms with Gasteiger partial charge in [-0.15, -0.1) is 0 Å². The van der Waals surface area contributed by atoms with Crippen LogP contribution in [0.2, 0.25) is 0 Å². The fraction of sp³-hybridized carbons (Fsp3) is 0.0833. The lowest BCUT2D eigenvalue weighted by Gasteiger charge is -2.07. The summed E-state index contributed by atoms with van der Waals surface area (Å²) in [7, 11) is 0. The van der Waals surface area contributed by atoms with E-state index in [9.17, 15) is 8.78 Å². The van der Waals surface area contributed by atoms with Crippen molar-refractivity contribution < 1.29 is 18.3 Å². The molecule has 0 spiro atoms. The summed E-state index contributed by atoms with van der Waals surface area (Å²) in [6, 6.07) is 11.9. The molecule has 0 aliphatic rings. The Morgan fingerprint density at radius 2 is 1.76 bits per heavy atom. The molecule has 88 valence electrons. The number of hydrogen-bond donors (Lipinski definition) is 0. The molecule has 0 radical (unpaired) electrons. The first-order chi connectivity index (χ1) is 8.24. The van der Waals surface area contributed by atoms with E-state index in [0.29, 0.717) is 11.5 Å². The first kappa shape index (κ1) is 11.3. The Labute approximate surface area is 96.6 Å². The van der Waals surface area contributed by atoms with Crippen LogP contribution in [0.25, 0.3) is 0 Å². The maximum Gasteiger partial charge on any atom is 0.388 e. The zero-order valence-electron chi connectivity index (χ0n) is 8.72. The van der Waals surface area contributed by atoms with Crippen molar-refractivity contribution in [2.75, 3.05) is 0 Å². The number of ether oxygens (including phenoxy) is 2. The number of rotatable bonds is 4. The van der Waals surface area contributed by atoms with Gasteiger partial charge in [0.05, 0.1) is 0 Å². The fourth-order valence-electron chi connectivity index (χ4n) is 1.24. The van der Waals surface area contributed by atoms with E-state index in [1.165, 1.54) is 12.3 Å². The Morgan fingerprint density at radius 1 is 1.00 bits per heavy atom. The first-order valence-electron chi connectivity index (χ1n) is 4.88. The Morgan fingerprint density at radius 3 is 2.47 bits per heavy atom. The minimum Gasteiger partial charge on any atom is -0.457 e. The van der Waals surface area contributed by atoms with Crippen molar-refractivity contribution in [2.24, 2.45) is 0 Å². The number of para-hydroxylation sites is 1. The van der Waals surface area contributed by atoms with Gasteiger partial charge in [-0.2, -0.15) is 8.78 Å². The lowest BCUT2D eigenvalue weighted by molar-refractivity contribution is -0.0529. The van der Waals surface area contributed by atoms with E-state index in [1.807, 2.05) is 18.2 Å². The van der Waals surface area contributed by atoms with Gasteiger partial charge >= 0.3 is 6.61 Å². The molecule has 3 nitrogen and oxygen atoms in total. The third-order valence-electron chi connectivity index (χ3n) is 1.90. The van der Waals surface area contributed by atoms with Gasteiger partial charge in [0.1, 0.15) is 11.5 Å². The number of alkyl halides is 2. The molecule has 0 N–H and O–H groups in total. The average Bonchev–Trinajstić information content (AvgIpc) is 2.30. The third-order valence-corrected chi connectivity index (χ3v) is 1.90. The molecule has 1 heterocycles. The van der Waals surface area contributed by atoms with Crippen molar-refractivity contribution in [3.05, 3.63) is 48.7 Å². The highest BCUT2D eigenvalue weighted by molar-refractivity contribution is 5.32. The van der Waals surface area contributed by atoms with Crippen LogP contribution in [0.15, 0.2) is 48.7 Å². The molecular weight excluding hydrogens is 228 g/mol. The second-order valence-electron chi connectivity index (χ2n) is 3.12. The minimum absolute atomic E-state index is 0.173. The molecule has 0 saturated heterocycles. The topological polar surface area (TPSA) is 31.4 Å². The number of nitrogens with zero attached hydrogens (tertiary/aromatic N) is 1. The van der Waals surface area contributed by atoms with E-state index in [1.54, 1.807) is 18.2 Å². The maximum atomic E-state index is 12.0. The van der Waals surface area contributed by atoms with Crippen molar-refractivity contribution in [2.45, 2.75) is 6.61 Å². The monoisotopic (exact) mass is 237 g/mol. The van der Waals surface area contributed by atoms with Gasteiger partial charge in [-0.25, -0.2) is 4.98 Å². The largest absolute Gasteiger partial charge is 0.457 e. The Hall–Kier alpha value is -2.17. The van der Waals surface area contributed by atoms with Crippen molar-refractivity contribution in [1.82, 2.24) is 4.98 Å². The molecule has 0 bridgehead atoms. The quantitative estimate of drug-likeness (QED) is 0.815. The predicted octanol–water partition coefficient (Wildman–Crippen LogP) is 3.48. The molecule has 0 aliphatic carbocycles. The lowest BCUT2D eigenvalue weighted by atomic mass is 10.3. The van der Waals surface area contributed by atoms with Crippen molar-refractivity contribution in [3.8, 4) is 17.4 Å². The molecule has 0 amide bonds. The Bertz CT molecular complexity index is 477. The van der Waals surface area contributed by atoms with Gasteiger partial charge in [-0.05, 0) is 18.2 Å². The van der Waals surface area contributed by atoms with Crippen molar-refractivity contribution in [3.63, 3.8) is 0 Å². The fourth-order valence-corrected chi connectivity index (χ4v) is 1.24. The number of benzene rings is 1. The molecule has 1 aromatic carbocycles. The van der Waals surface area contributed by atoms with Gasteiger partial charge in [0.15, 0.2) is 0 Å². The van der Waals surface area contributed by atoms with Crippen LogP contribution < -0.4 is 9.47 Å². The molecular formula is C12H9F2NO2. The van der Waals surface area contributed by atoms with E-state index in [0.717, 1.165) is 0 Å². The summed E-state index contributed by atoms with van der Waals surface area (Å²) in [5.41, 5.74) is 0. The van der Waals surface area contributed by atoms with Crippen LogP contribution in [0, 0.1) is 0 Å². The highest BCUT2D eigenvalue weighted by Crippen LogP contribution is 2.23. The van der Waals surface area contributed by atoms with Gasteiger partial charge in [0, 0.05) is 12.3 Å². The molecule has 0 saturated carbocycles. The van der Waals surface area contributed by atoms with Crippen LogP contribution in [0.1, 0.15) is 0 Å². The summed E-state index contributed by atoms with van der Waals surface area (Å²) < 4.78 is 33.6. The van der Waals surface area contributed by atoms with Crippen LogP contribution in [0.3, 0.4) is 0 Å². The second kappa shape index (κ2) is 5.25. The molecule has 0 atom stereocenters. The van der Waals surface area contributed by atoms with Crippen LogP contribution in [0.5, 0.6) is 17.4 Å². The van der Waals surface area contributed by atoms with E-state index in [-0.39, 0.29) is 5.88 Å². The molecule has 0 aliphatic heterocycles. The van der Waals surface area contributed by atoms with Crippen molar-refractivity contribution >= 4 is 0 Å². The summed E-state index contributed by atoms with van der Waals surface area (Å²) in [5, 5.41) is 0. The SMILES string of the molecule is FC(F)Oc1cc(Oc2ccccc2)ccn1. The third kappa shape index (κ3) is 3.41. The number of pyridine rings is 1. The summed E-state index contributed by atoms with van der Waals surface area (Å²) >= 11 is 0. The first-order valence-corrected chi connectivity index (χ1v) is 4.88. The Kier molecular flexibility index (Phi) is 3.49. The molecule has 2 aromatic rings. The van der Waals surface area contributed by atoms with E-state index in [4.69, 9.17) is 4.74 Å². The second-order valence-corrected chi connectivity index (χ2v) is 3.12. The van der Waals surface area contributed by atoms with Crippen molar-refractivity contribution in [1.29, 1.82) is 0 Å². The van der Waals surface area contributed by atoms with Gasteiger partial charge < -0.3 is 9.47 Å².